The minimum atomic E-state index is -0.292. The van der Waals surface area contributed by atoms with Crippen LogP contribution in [-0.4, -0.2) is 9.55 Å². The molecule has 3 nitrogen and oxygen atoms in total. The lowest BCUT2D eigenvalue weighted by molar-refractivity contribution is 0.441. The molecule has 17 heavy (non-hydrogen) atoms. The molecule has 1 aliphatic carbocycles. The van der Waals surface area contributed by atoms with E-state index >= 15 is 0 Å². The minimum absolute atomic E-state index is 0.292. The van der Waals surface area contributed by atoms with Gasteiger partial charge in [0.1, 0.15) is 5.82 Å². The van der Waals surface area contributed by atoms with E-state index in [1.165, 1.54) is 11.1 Å². The Balaban J connectivity index is 2.04. The van der Waals surface area contributed by atoms with Gasteiger partial charge >= 0.3 is 0 Å². The molecule has 0 saturated carbocycles. The molecular weight excluding hydrogens is 210 g/mol. The van der Waals surface area contributed by atoms with Gasteiger partial charge in [-0.2, -0.15) is 0 Å². The zero-order valence-electron chi connectivity index (χ0n) is 10.3. The SMILES string of the molecule is Cc1ncc(C2(N)Cc3ccccc3C2)n1C. The van der Waals surface area contributed by atoms with Gasteiger partial charge in [0.15, 0.2) is 0 Å². The van der Waals surface area contributed by atoms with Crippen LogP contribution in [0.4, 0.5) is 0 Å². The maximum Gasteiger partial charge on any atom is 0.105 e. The van der Waals surface area contributed by atoms with E-state index in [2.05, 4.69) is 33.8 Å². The Kier molecular flexibility index (Phi) is 2.13. The lowest BCUT2D eigenvalue weighted by atomic mass is 9.93. The number of nitrogens with zero attached hydrogens (tertiary/aromatic N) is 2. The second kappa shape index (κ2) is 3.44. The van der Waals surface area contributed by atoms with E-state index in [-0.39, 0.29) is 5.54 Å². The summed E-state index contributed by atoms with van der Waals surface area (Å²) in [6.07, 6.45) is 3.73. The van der Waals surface area contributed by atoms with Gasteiger partial charge in [0, 0.05) is 7.05 Å². The van der Waals surface area contributed by atoms with Gasteiger partial charge in [0.05, 0.1) is 17.4 Å². The van der Waals surface area contributed by atoms with E-state index in [9.17, 15) is 0 Å². The van der Waals surface area contributed by atoms with Crippen molar-refractivity contribution in [2.75, 3.05) is 0 Å². The molecule has 0 saturated heterocycles. The first-order chi connectivity index (χ1) is 8.10. The first-order valence-corrected chi connectivity index (χ1v) is 5.95. The first kappa shape index (κ1) is 10.5. The zero-order valence-corrected chi connectivity index (χ0v) is 10.3. The van der Waals surface area contributed by atoms with Crippen molar-refractivity contribution in [2.45, 2.75) is 25.3 Å². The van der Waals surface area contributed by atoms with Crippen molar-refractivity contribution in [3.05, 3.63) is 53.1 Å². The van der Waals surface area contributed by atoms with Crippen LogP contribution in [0.1, 0.15) is 22.6 Å². The molecule has 88 valence electrons. The Hall–Kier alpha value is -1.61. The summed E-state index contributed by atoms with van der Waals surface area (Å²) in [6, 6.07) is 8.51. The maximum atomic E-state index is 6.58. The number of nitrogens with two attached hydrogens (primary N) is 1. The maximum absolute atomic E-state index is 6.58. The van der Waals surface area contributed by atoms with E-state index in [1.54, 1.807) is 0 Å². The average Bonchev–Trinajstić information content (AvgIpc) is 2.80. The van der Waals surface area contributed by atoms with E-state index in [1.807, 2.05) is 20.2 Å². The molecule has 2 aromatic rings. The van der Waals surface area contributed by atoms with E-state index in [4.69, 9.17) is 5.73 Å². The van der Waals surface area contributed by atoms with Crippen molar-refractivity contribution in [3.63, 3.8) is 0 Å². The molecule has 0 radical (unpaired) electrons. The van der Waals surface area contributed by atoms with Crippen LogP contribution in [0, 0.1) is 6.92 Å². The second-order valence-electron chi connectivity index (χ2n) is 5.03. The molecule has 0 unspecified atom stereocenters. The van der Waals surface area contributed by atoms with E-state index < -0.39 is 0 Å². The van der Waals surface area contributed by atoms with Crippen LogP contribution in [0.25, 0.3) is 0 Å². The van der Waals surface area contributed by atoms with Crippen molar-refractivity contribution in [3.8, 4) is 0 Å². The van der Waals surface area contributed by atoms with Crippen LogP contribution >= 0.6 is 0 Å². The fourth-order valence-electron chi connectivity index (χ4n) is 2.79. The topological polar surface area (TPSA) is 43.8 Å². The molecule has 2 N–H and O–H groups in total. The molecule has 0 bridgehead atoms. The summed E-state index contributed by atoms with van der Waals surface area (Å²) in [6.45, 7) is 2.01. The van der Waals surface area contributed by atoms with E-state index in [0.29, 0.717) is 0 Å². The summed E-state index contributed by atoms with van der Waals surface area (Å²) in [5, 5.41) is 0. The lowest BCUT2D eigenvalue weighted by Crippen LogP contribution is -2.39. The quantitative estimate of drug-likeness (QED) is 0.805. The molecule has 0 amide bonds. The van der Waals surface area contributed by atoms with Crippen molar-refractivity contribution >= 4 is 0 Å². The largest absolute Gasteiger partial charge is 0.334 e. The highest BCUT2D eigenvalue weighted by atomic mass is 15.1. The smallest absolute Gasteiger partial charge is 0.105 e. The molecule has 0 fully saturated rings. The van der Waals surface area contributed by atoms with Gasteiger partial charge < -0.3 is 10.3 Å². The summed E-state index contributed by atoms with van der Waals surface area (Å²) in [5.74, 6) is 1.01. The molecule has 0 atom stereocenters. The Labute approximate surface area is 101 Å². The van der Waals surface area contributed by atoms with Crippen LogP contribution in [-0.2, 0) is 25.4 Å². The summed E-state index contributed by atoms with van der Waals surface area (Å²) >= 11 is 0. The van der Waals surface area contributed by atoms with Gasteiger partial charge in [-0.05, 0) is 30.9 Å². The Bertz CT molecular complexity index is 544. The summed E-state index contributed by atoms with van der Waals surface area (Å²) in [4.78, 5) is 4.35. The van der Waals surface area contributed by atoms with Crippen molar-refractivity contribution in [2.24, 2.45) is 12.8 Å². The number of rotatable bonds is 1. The van der Waals surface area contributed by atoms with Gasteiger partial charge in [-0.25, -0.2) is 4.98 Å². The highest BCUT2D eigenvalue weighted by molar-refractivity contribution is 5.39. The van der Waals surface area contributed by atoms with Gasteiger partial charge in [-0.15, -0.1) is 0 Å². The highest BCUT2D eigenvalue weighted by Crippen LogP contribution is 2.35. The van der Waals surface area contributed by atoms with Crippen molar-refractivity contribution < 1.29 is 0 Å². The van der Waals surface area contributed by atoms with Crippen LogP contribution in [0.5, 0.6) is 0 Å². The van der Waals surface area contributed by atoms with Crippen LogP contribution in [0.3, 0.4) is 0 Å². The molecule has 1 heterocycles. The number of hydrogen-bond acceptors (Lipinski definition) is 2. The average molecular weight is 227 g/mol. The van der Waals surface area contributed by atoms with Gasteiger partial charge in [-0.1, -0.05) is 24.3 Å². The number of aryl methyl sites for hydroxylation is 1. The Morgan fingerprint density at radius 1 is 1.24 bits per heavy atom. The van der Waals surface area contributed by atoms with Crippen LogP contribution in [0.2, 0.25) is 0 Å². The predicted octanol–water partition coefficient (Wildman–Crippen LogP) is 1.68. The summed E-state index contributed by atoms with van der Waals surface area (Å²) < 4.78 is 2.10. The number of hydrogen-bond donors (Lipinski definition) is 1. The molecule has 1 aromatic heterocycles. The lowest BCUT2D eigenvalue weighted by Gasteiger charge is -2.24. The molecule has 3 heteroatoms. The minimum Gasteiger partial charge on any atom is -0.334 e. The van der Waals surface area contributed by atoms with Crippen molar-refractivity contribution in [1.29, 1.82) is 0 Å². The zero-order chi connectivity index (χ0) is 12.0. The van der Waals surface area contributed by atoms with Gasteiger partial charge in [0.25, 0.3) is 0 Å². The predicted molar refractivity (Wildman–Crippen MR) is 67.7 cm³/mol. The standard InChI is InChI=1S/C14H17N3/c1-10-16-9-13(17(10)2)14(15)7-11-5-3-4-6-12(11)8-14/h3-6,9H,7-8,15H2,1-2H3. The first-order valence-electron chi connectivity index (χ1n) is 5.95. The molecule has 1 aliphatic rings. The molecule has 3 rings (SSSR count). The molecule has 0 aliphatic heterocycles. The van der Waals surface area contributed by atoms with Crippen LogP contribution in [0.15, 0.2) is 30.5 Å². The molecular formula is C14H17N3. The molecule has 1 aromatic carbocycles. The fourth-order valence-corrected chi connectivity index (χ4v) is 2.79. The second-order valence-corrected chi connectivity index (χ2v) is 5.03. The fraction of sp³-hybridized carbons (Fsp3) is 0.357. The molecule has 0 spiro atoms. The number of aromatic nitrogens is 2. The third-order valence-electron chi connectivity index (χ3n) is 3.86. The van der Waals surface area contributed by atoms with E-state index in [0.717, 1.165) is 24.4 Å². The Morgan fingerprint density at radius 3 is 2.29 bits per heavy atom. The summed E-state index contributed by atoms with van der Waals surface area (Å²) in [5.41, 5.74) is 10.2. The highest BCUT2D eigenvalue weighted by Gasteiger charge is 2.37. The summed E-state index contributed by atoms with van der Waals surface area (Å²) in [7, 11) is 2.04. The Morgan fingerprint density at radius 2 is 1.82 bits per heavy atom. The van der Waals surface area contributed by atoms with Gasteiger partial charge in [-0.3, -0.25) is 0 Å². The number of fused-ring (bicyclic) bond motifs is 1. The van der Waals surface area contributed by atoms with Crippen molar-refractivity contribution in [1.82, 2.24) is 9.55 Å². The third kappa shape index (κ3) is 1.50. The third-order valence-corrected chi connectivity index (χ3v) is 3.86. The monoisotopic (exact) mass is 227 g/mol. The van der Waals surface area contributed by atoms with Crippen LogP contribution < -0.4 is 5.73 Å². The number of benzene rings is 1. The number of imidazole rings is 1. The van der Waals surface area contributed by atoms with Gasteiger partial charge in [0.2, 0.25) is 0 Å². The normalized spacial score (nSPS) is 17.1.